The van der Waals surface area contributed by atoms with E-state index in [-0.39, 0.29) is 30.1 Å². The van der Waals surface area contributed by atoms with Gasteiger partial charge in [-0.15, -0.1) is 24.0 Å². The molecule has 0 bridgehead atoms. The number of aromatic nitrogens is 3. The number of H-pyrrole nitrogens is 1. The maximum absolute atomic E-state index is 6.19. The Balaban J connectivity index is 0.00000289. The van der Waals surface area contributed by atoms with Crippen LogP contribution >= 0.6 is 24.0 Å². The lowest BCUT2D eigenvalue weighted by atomic mass is 10.1. The number of ether oxygens (including phenoxy) is 2. The topological polar surface area (TPSA) is 96.5 Å². The fraction of sp³-hybridized carbons (Fsp3) is 0.348. The predicted octanol–water partition coefficient (Wildman–Crippen LogP) is 3.43. The van der Waals surface area contributed by atoms with Crippen molar-refractivity contribution in [3.05, 3.63) is 65.5 Å². The Kier molecular flexibility index (Phi) is 8.86. The molecule has 3 N–H and O–H groups in total. The second-order valence-corrected chi connectivity index (χ2v) is 7.53. The fourth-order valence-corrected chi connectivity index (χ4v) is 3.46. The number of halogens is 1. The van der Waals surface area contributed by atoms with E-state index >= 15 is 0 Å². The van der Waals surface area contributed by atoms with Crippen molar-refractivity contribution in [3.8, 4) is 17.1 Å². The summed E-state index contributed by atoms with van der Waals surface area (Å²) >= 11 is 0. The molecule has 0 aliphatic carbocycles. The van der Waals surface area contributed by atoms with E-state index in [0.29, 0.717) is 19.7 Å². The first-order valence-electron chi connectivity index (χ1n) is 10.4. The van der Waals surface area contributed by atoms with Crippen LogP contribution in [0.3, 0.4) is 0 Å². The van der Waals surface area contributed by atoms with Crippen LogP contribution in [0, 0.1) is 6.92 Å². The number of guanidine groups is 1. The van der Waals surface area contributed by atoms with E-state index in [0.717, 1.165) is 47.3 Å². The van der Waals surface area contributed by atoms with Gasteiger partial charge in [0.05, 0.1) is 13.2 Å². The van der Waals surface area contributed by atoms with Crippen molar-refractivity contribution < 1.29 is 9.47 Å². The molecule has 9 heteroatoms. The van der Waals surface area contributed by atoms with E-state index in [2.05, 4.69) is 68.1 Å². The number of aromatic amines is 1. The molecule has 1 unspecified atom stereocenters. The van der Waals surface area contributed by atoms with E-state index in [4.69, 9.17) is 9.47 Å². The summed E-state index contributed by atoms with van der Waals surface area (Å²) in [5.41, 5.74) is 4.38. The molecule has 1 aromatic heterocycles. The summed E-state index contributed by atoms with van der Waals surface area (Å²) < 4.78 is 11.6. The van der Waals surface area contributed by atoms with Crippen molar-refractivity contribution in [2.24, 2.45) is 4.99 Å². The van der Waals surface area contributed by atoms with Crippen LogP contribution in [0.4, 0.5) is 0 Å². The van der Waals surface area contributed by atoms with Gasteiger partial charge in [-0.3, -0.25) is 10.1 Å². The second-order valence-electron chi connectivity index (χ2n) is 7.53. The molecule has 170 valence electrons. The fourth-order valence-electron chi connectivity index (χ4n) is 3.46. The SMILES string of the molecule is CN=C(NCc1cccc(-c2ncn[nH]2)c1)NCc1ccc(C)cc1OC1CCOC1.I. The molecule has 1 aliphatic heterocycles. The Morgan fingerprint density at radius 2 is 2.09 bits per heavy atom. The van der Waals surface area contributed by atoms with Gasteiger partial charge in [0, 0.05) is 37.7 Å². The third-order valence-corrected chi connectivity index (χ3v) is 5.15. The van der Waals surface area contributed by atoms with Crippen LogP contribution in [0.1, 0.15) is 23.1 Å². The summed E-state index contributed by atoms with van der Waals surface area (Å²) in [7, 11) is 1.77. The molecule has 0 spiro atoms. The number of nitrogens with zero attached hydrogens (tertiary/aromatic N) is 3. The Labute approximate surface area is 205 Å². The average Bonchev–Trinajstić information content (AvgIpc) is 3.50. The standard InChI is InChI=1S/C23H28N6O2.HI/c1-16-6-7-19(21(10-16)31-20-8-9-30-14-20)13-26-23(24-2)25-12-17-4-3-5-18(11-17)22-27-15-28-29-22;/h3-7,10-11,15,20H,8-9,12-14H2,1-2H3,(H2,24,25,26)(H,27,28,29);1H. The largest absolute Gasteiger partial charge is 0.488 e. The molecule has 3 aromatic rings. The van der Waals surface area contributed by atoms with E-state index in [1.165, 1.54) is 11.9 Å². The first-order chi connectivity index (χ1) is 15.2. The van der Waals surface area contributed by atoms with Crippen molar-refractivity contribution in [1.29, 1.82) is 0 Å². The van der Waals surface area contributed by atoms with Crippen LogP contribution in [-0.4, -0.2) is 47.5 Å². The zero-order valence-electron chi connectivity index (χ0n) is 18.3. The summed E-state index contributed by atoms with van der Waals surface area (Å²) in [5.74, 6) is 2.38. The van der Waals surface area contributed by atoms with E-state index in [1.807, 2.05) is 12.1 Å². The zero-order chi connectivity index (χ0) is 21.5. The molecule has 0 saturated carbocycles. The van der Waals surface area contributed by atoms with Gasteiger partial charge in [-0.2, -0.15) is 5.10 Å². The van der Waals surface area contributed by atoms with Crippen molar-refractivity contribution in [2.45, 2.75) is 32.5 Å². The summed E-state index contributed by atoms with van der Waals surface area (Å²) in [5, 5.41) is 13.6. The van der Waals surface area contributed by atoms with Crippen molar-refractivity contribution in [2.75, 3.05) is 20.3 Å². The maximum atomic E-state index is 6.19. The Morgan fingerprint density at radius 1 is 1.22 bits per heavy atom. The molecule has 1 aliphatic rings. The maximum Gasteiger partial charge on any atom is 0.191 e. The third-order valence-electron chi connectivity index (χ3n) is 5.15. The lowest BCUT2D eigenvalue weighted by molar-refractivity contribution is 0.140. The molecule has 4 rings (SSSR count). The summed E-state index contributed by atoms with van der Waals surface area (Å²) in [6.07, 6.45) is 2.56. The van der Waals surface area contributed by atoms with Gasteiger partial charge in [-0.05, 0) is 30.2 Å². The Morgan fingerprint density at radius 3 is 2.84 bits per heavy atom. The third kappa shape index (κ3) is 6.42. The molecule has 2 aromatic carbocycles. The van der Waals surface area contributed by atoms with E-state index in [9.17, 15) is 0 Å². The van der Waals surface area contributed by atoms with Crippen LogP contribution in [0.15, 0.2) is 53.8 Å². The molecule has 1 atom stereocenters. The summed E-state index contributed by atoms with van der Waals surface area (Å²) in [6.45, 7) is 4.73. The molecular weight excluding hydrogens is 519 g/mol. The molecule has 1 saturated heterocycles. The van der Waals surface area contributed by atoms with Gasteiger partial charge in [-0.25, -0.2) is 4.98 Å². The highest BCUT2D eigenvalue weighted by molar-refractivity contribution is 14.0. The van der Waals surface area contributed by atoms with Crippen LogP contribution in [-0.2, 0) is 17.8 Å². The molecule has 8 nitrogen and oxygen atoms in total. The summed E-state index contributed by atoms with van der Waals surface area (Å²) in [4.78, 5) is 8.56. The average molecular weight is 548 g/mol. The van der Waals surface area contributed by atoms with Crippen LogP contribution < -0.4 is 15.4 Å². The van der Waals surface area contributed by atoms with Gasteiger partial charge in [0.25, 0.3) is 0 Å². The predicted molar refractivity (Wildman–Crippen MR) is 135 cm³/mol. The number of nitrogens with one attached hydrogen (secondary N) is 3. The van der Waals surface area contributed by atoms with Crippen molar-refractivity contribution >= 4 is 29.9 Å². The van der Waals surface area contributed by atoms with Crippen LogP contribution in [0.25, 0.3) is 11.4 Å². The highest BCUT2D eigenvalue weighted by Crippen LogP contribution is 2.24. The Bertz CT molecular complexity index is 1020. The van der Waals surface area contributed by atoms with Gasteiger partial charge >= 0.3 is 0 Å². The molecule has 1 fully saturated rings. The number of aliphatic imine (C=N–C) groups is 1. The van der Waals surface area contributed by atoms with Crippen molar-refractivity contribution in [1.82, 2.24) is 25.8 Å². The monoisotopic (exact) mass is 548 g/mol. The number of hydrogen-bond donors (Lipinski definition) is 3. The molecule has 2 heterocycles. The first-order valence-corrected chi connectivity index (χ1v) is 10.4. The van der Waals surface area contributed by atoms with Gasteiger partial charge in [-0.1, -0.05) is 30.3 Å². The second kappa shape index (κ2) is 11.8. The molecule has 32 heavy (non-hydrogen) atoms. The normalized spacial score (nSPS) is 15.8. The lowest BCUT2D eigenvalue weighted by Gasteiger charge is -2.18. The van der Waals surface area contributed by atoms with Gasteiger partial charge in [0.15, 0.2) is 11.8 Å². The molecule has 0 amide bonds. The number of rotatable bonds is 7. The number of aryl methyl sites for hydroxylation is 1. The highest BCUT2D eigenvalue weighted by Gasteiger charge is 2.18. The van der Waals surface area contributed by atoms with Crippen LogP contribution in [0.5, 0.6) is 5.75 Å². The zero-order valence-corrected chi connectivity index (χ0v) is 20.6. The quantitative estimate of drug-likeness (QED) is 0.238. The van der Waals surface area contributed by atoms with E-state index < -0.39 is 0 Å². The lowest BCUT2D eigenvalue weighted by Crippen LogP contribution is -2.36. The number of benzene rings is 2. The molecular formula is C23H29IN6O2. The summed E-state index contributed by atoms with van der Waals surface area (Å²) in [6, 6.07) is 14.4. The number of hydrogen-bond acceptors (Lipinski definition) is 5. The molecule has 0 radical (unpaired) electrons. The minimum atomic E-state index is 0. The first kappa shape index (κ1) is 24.0. The van der Waals surface area contributed by atoms with Crippen molar-refractivity contribution in [3.63, 3.8) is 0 Å². The van der Waals surface area contributed by atoms with Gasteiger partial charge < -0.3 is 20.1 Å². The smallest absolute Gasteiger partial charge is 0.191 e. The van der Waals surface area contributed by atoms with Crippen LogP contribution in [0.2, 0.25) is 0 Å². The van der Waals surface area contributed by atoms with E-state index in [1.54, 1.807) is 7.05 Å². The Hall–Kier alpha value is -2.66. The highest BCUT2D eigenvalue weighted by atomic mass is 127. The van der Waals surface area contributed by atoms with Gasteiger partial charge in [0.1, 0.15) is 18.2 Å². The minimum absolute atomic E-state index is 0. The minimum Gasteiger partial charge on any atom is -0.488 e. The van der Waals surface area contributed by atoms with Gasteiger partial charge in [0.2, 0.25) is 0 Å².